The highest BCUT2D eigenvalue weighted by Gasteiger charge is 2.10. The Morgan fingerprint density at radius 1 is 1.26 bits per heavy atom. The molecule has 3 nitrogen and oxygen atoms in total. The molecule has 0 atom stereocenters. The molecule has 0 saturated carbocycles. The molecule has 102 valence electrons. The molecule has 0 radical (unpaired) electrons. The van der Waals surface area contributed by atoms with E-state index >= 15 is 0 Å². The van der Waals surface area contributed by atoms with Crippen LogP contribution in [-0.4, -0.2) is 14.1 Å². The summed E-state index contributed by atoms with van der Waals surface area (Å²) >= 11 is 3.53. The molecule has 0 aliphatic rings. The summed E-state index contributed by atoms with van der Waals surface area (Å²) in [6.45, 7) is 3.58. The summed E-state index contributed by atoms with van der Waals surface area (Å²) in [4.78, 5) is 2.20. The molecule has 0 aliphatic carbocycles. The molecule has 1 aromatic carbocycles. The summed E-state index contributed by atoms with van der Waals surface area (Å²) in [6, 6.07) is 10.4. The van der Waals surface area contributed by atoms with E-state index in [9.17, 15) is 0 Å². The lowest BCUT2D eigenvalue weighted by Crippen LogP contribution is -2.19. The van der Waals surface area contributed by atoms with Gasteiger partial charge in [0.2, 0.25) is 0 Å². The molecule has 2 rings (SSSR count). The minimum atomic E-state index is 0.765. The molecule has 4 heteroatoms. The Hall–Kier alpha value is -1.26. The van der Waals surface area contributed by atoms with Gasteiger partial charge in [0.25, 0.3) is 0 Å². The first kappa shape index (κ1) is 14.2. The fourth-order valence-corrected chi connectivity index (χ4v) is 2.47. The molecule has 0 saturated heterocycles. The molecule has 0 unspecified atom stereocenters. The Bertz CT molecular complexity index is 551. The topological polar surface area (TPSA) is 28.4 Å². The Labute approximate surface area is 122 Å². The number of nitrogens with one attached hydrogen (secondary N) is 1. The van der Waals surface area contributed by atoms with E-state index in [1.165, 1.54) is 11.3 Å². The fraction of sp³-hybridized carbons (Fsp3) is 0.333. The van der Waals surface area contributed by atoms with Crippen molar-refractivity contribution in [2.75, 3.05) is 19.0 Å². The molecular weight excluding hydrogens is 304 g/mol. The average molecular weight is 323 g/mol. The largest absolute Gasteiger partial charge is 0.464 e. The van der Waals surface area contributed by atoms with Crippen molar-refractivity contribution in [3.05, 3.63) is 51.9 Å². The van der Waals surface area contributed by atoms with Crippen molar-refractivity contribution < 1.29 is 4.42 Å². The maximum atomic E-state index is 5.64. The predicted molar refractivity (Wildman–Crippen MR) is 82.5 cm³/mol. The summed E-state index contributed by atoms with van der Waals surface area (Å²) in [6.07, 6.45) is 0. The van der Waals surface area contributed by atoms with Gasteiger partial charge in [-0.1, -0.05) is 22.0 Å². The Morgan fingerprint density at radius 2 is 2.05 bits per heavy atom. The van der Waals surface area contributed by atoms with Crippen molar-refractivity contribution in [3.63, 3.8) is 0 Å². The smallest absolute Gasteiger partial charge is 0.123 e. The van der Waals surface area contributed by atoms with E-state index in [0.717, 1.165) is 29.1 Å². The van der Waals surface area contributed by atoms with E-state index in [2.05, 4.69) is 51.4 Å². The molecule has 0 bridgehead atoms. The van der Waals surface area contributed by atoms with Crippen molar-refractivity contribution in [3.8, 4) is 0 Å². The van der Waals surface area contributed by atoms with E-state index in [1.807, 2.05) is 26.1 Å². The van der Waals surface area contributed by atoms with Crippen LogP contribution in [0.25, 0.3) is 0 Å². The minimum Gasteiger partial charge on any atom is -0.464 e. The highest BCUT2D eigenvalue weighted by Crippen LogP contribution is 2.26. The fourth-order valence-electron chi connectivity index (χ4n) is 2.12. The maximum absolute atomic E-state index is 5.64. The zero-order valence-corrected chi connectivity index (χ0v) is 13.1. The van der Waals surface area contributed by atoms with E-state index in [4.69, 9.17) is 4.42 Å². The van der Waals surface area contributed by atoms with Crippen LogP contribution in [0.4, 0.5) is 5.69 Å². The Balaban J connectivity index is 2.21. The zero-order chi connectivity index (χ0) is 13.8. The van der Waals surface area contributed by atoms with Gasteiger partial charge in [0.15, 0.2) is 0 Å². The van der Waals surface area contributed by atoms with Crippen molar-refractivity contribution in [1.29, 1.82) is 0 Å². The molecule has 0 spiro atoms. The van der Waals surface area contributed by atoms with Gasteiger partial charge in [0.05, 0.1) is 6.54 Å². The number of hydrogen-bond donors (Lipinski definition) is 1. The van der Waals surface area contributed by atoms with Crippen molar-refractivity contribution in [2.24, 2.45) is 0 Å². The highest BCUT2D eigenvalue weighted by atomic mass is 79.9. The van der Waals surface area contributed by atoms with Crippen LogP contribution in [0, 0.1) is 6.92 Å². The van der Waals surface area contributed by atoms with Gasteiger partial charge in [0.1, 0.15) is 11.5 Å². The van der Waals surface area contributed by atoms with Crippen LogP contribution in [0.3, 0.4) is 0 Å². The maximum Gasteiger partial charge on any atom is 0.123 e. The first-order valence-electron chi connectivity index (χ1n) is 6.29. The molecule has 2 aromatic rings. The van der Waals surface area contributed by atoms with E-state index < -0.39 is 0 Å². The molecule has 1 aromatic heterocycles. The first-order chi connectivity index (χ1) is 9.10. The zero-order valence-electron chi connectivity index (χ0n) is 11.5. The van der Waals surface area contributed by atoms with Gasteiger partial charge in [-0.3, -0.25) is 0 Å². The van der Waals surface area contributed by atoms with Crippen LogP contribution in [0.2, 0.25) is 0 Å². The third-order valence-corrected chi connectivity index (χ3v) is 3.51. The number of furan rings is 1. The van der Waals surface area contributed by atoms with Crippen molar-refractivity contribution in [1.82, 2.24) is 5.32 Å². The van der Waals surface area contributed by atoms with Crippen LogP contribution in [-0.2, 0) is 13.1 Å². The number of hydrogen-bond acceptors (Lipinski definition) is 3. The second-order valence-corrected chi connectivity index (χ2v) is 5.59. The van der Waals surface area contributed by atoms with Gasteiger partial charge in [-0.2, -0.15) is 0 Å². The molecule has 0 amide bonds. The second-order valence-electron chi connectivity index (χ2n) is 4.67. The quantitative estimate of drug-likeness (QED) is 0.909. The molecule has 0 aliphatic heterocycles. The molecule has 1 N–H and O–H groups in total. The summed E-state index contributed by atoms with van der Waals surface area (Å²) in [5.74, 6) is 1.93. The van der Waals surface area contributed by atoms with E-state index in [-0.39, 0.29) is 0 Å². The second kappa shape index (κ2) is 6.26. The van der Waals surface area contributed by atoms with Crippen molar-refractivity contribution in [2.45, 2.75) is 20.0 Å². The summed E-state index contributed by atoms with van der Waals surface area (Å²) < 4.78 is 6.72. The lowest BCUT2D eigenvalue weighted by atomic mass is 10.1. The molecule has 0 fully saturated rings. The lowest BCUT2D eigenvalue weighted by molar-refractivity contribution is 0.481. The summed E-state index contributed by atoms with van der Waals surface area (Å²) in [5, 5.41) is 3.20. The first-order valence-corrected chi connectivity index (χ1v) is 7.09. The standard InChI is InChI=1S/C15H19BrN2O/c1-11-4-7-14(19-11)10-18(3)15-8-13(16)6-5-12(15)9-17-2/h4-8,17H,9-10H2,1-3H3. The van der Waals surface area contributed by atoms with Gasteiger partial charge >= 0.3 is 0 Å². The number of anilines is 1. The van der Waals surface area contributed by atoms with Crippen molar-refractivity contribution >= 4 is 21.6 Å². The summed E-state index contributed by atoms with van der Waals surface area (Å²) in [5.41, 5.74) is 2.48. The van der Waals surface area contributed by atoms with E-state index in [1.54, 1.807) is 0 Å². The van der Waals surface area contributed by atoms with Crippen LogP contribution < -0.4 is 10.2 Å². The predicted octanol–water partition coefficient (Wildman–Crippen LogP) is 3.71. The summed E-state index contributed by atoms with van der Waals surface area (Å²) in [7, 11) is 4.04. The van der Waals surface area contributed by atoms with Crippen LogP contribution in [0.15, 0.2) is 39.2 Å². The van der Waals surface area contributed by atoms with Gasteiger partial charge < -0.3 is 14.6 Å². The lowest BCUT2D eigenvalue weighted by Gasteiger charge is -2.22. The monoisotopic (exact) mass is 322 g/mol. The van der Waals surface area contributed by atoms with Gasteiger partial charge in [-0.15, -0.1) is 0 Å². The van der Waals surface area contributed by atoms with Crippen LogP contribution >= 0.6 is 15.9 Å². The number of nitrogens with zero attached hydrogens (tertiary/aromatic N) is 1. The van der Waals surface area contributed by atoms with Crippen LogP contribution in [0.1, 0.15) is 17.1 Å². The van der Waals surface area contributed by atoms with Gasteiger partial charge in [-0.25, -0.2) is 0 Å². The third kappa shape index (κ3) is 3.61. The number of benzene rings is 1. The van der Waals surface area contributed by atoms with E-state index in [0.29, 0.717) is 0 Å². The molecule has 19 heavy (non-hydrogen) atoms. The normalized spacial score (nSPS) is 10.7. The molecule has 1 heterocycles. The number of halogens is 1. The van der Waals surface area contributed by atoms with Gasteiger partial charge in [0, 0.05) is 23.8 Å². The number of rotatable bonds is 5. The van der Waals surface area contributed by atoms with Gasteiger partial charge in [-0.05, 0) is 43.8 Å². The third-order valence-electron chi connectivity index (χ3n) is 3.01. The minimum absolute atomic E-state index is 0.765. The molecular formula is C15H19BrN2O. The SMILES string of the molecule is CNCc1ccc(Br)cc1N(C)Cc1ccc(C)o1. The highest BCUT2D eigenvalue weighted by molar-refractivity contribution is 9.10. The average Bonchev–Trinajstić information content (AvgIpc) is 2.77. The Morgan fingerprint density at radius 3 is 2.68 bits per heavy atom. The Kier molecular flexibility index (Phi) is 4.66. The van der Waals surface area contributed by atoms with Crippen LogP contribution in [0.5, 0.6) is 0 Å². The number of aryl methyl sites for hydroxylation is 1.